The Morgan fingerprint density at radius 1 is 1.29 bits per heavy atom. The summed E-state index contributed by atoms with van der Waals surface area (Å²) in [6.07, 6.45) is 5.17. The van der Waals surface area contributed by atoms with E-state index in [4.69, 9.17) is 0 Å². The van der Waals surface area contributed by atoms with Crippen molar-refractivity contribution in [2.45, 2.75) is 39.9 Å². The maximum Gasteiger partial charge on any atom is 0.0799 e. The first-order valence-electron chi connectivity index (χ1n) is 5.34. The molecule has 0 saturated carbocycles. The minimum Gasteiger partial charge on any atom is -0.265 e. The molecular formula is C12H21NSi. The van der Waals surface area contributed by atoms with E-state index in [-0.39, 0.29) is 0 Å². The quantitative estimate of drug-likeness (QED) is 0.695. The third kappa shape index (κ3) is 2.95. The first-order valence-corrected chi connectivity index (χ1v) is 8.84. The zero-order valence-corrected chi connectivity index (χ0v) is 11.0. The van der Waals surface area contributed by atoms with Crippen molar-refractivity contribution in [2.75, 3.05) is 0 Å². The van der Waals surface area contributed by atoms with E-state index in [2.05, 4.69) is 50.7 Å². The second kappa shape index (κ2) is 4.26. The van der Waals surface area contributed by atoms with Crippen molar-refractivity contribution in [3.63, 3.8) is 0 Å². The van der Waals surface area contributed by atoms with Crippen LogP contribution in [0.2, 0.25) is 19.6 Å². The van der Waals surface area contributed by atoms with Gasteiger partial charge in [-0.15, -0.1) is 0 Å². The molecule has 0 radical (unpaired) electrons. The molecule has 0 atom stereocenters. The third-order valence-corrected chi connectivity index (χ3v) is 4.41. The van der Waals surface area contributed by atoms with Gasteiger partial charge >= 0.3 is 0 Å². The van der Waals surface area contributed by atoms with Crippen molar-refractivity contribution in [2.24, 2.45) is 5.92 Å². The molecule has 0 bridgehead atoms. The highest BCUT2D eigenvalue weighted by Crippen LogP contribution is 2.10. The van der Waals surface area contributed by atoms with Crippen LogP contribution in [-0.4, -0.2) is 13.1 Å². The SMILES string of the molecule is CC(C)Cc1ccncc1[Si](C)(C)C. The number of nitrogens with zero attached hydrogens (tertiary/aromatic N) is 1. The Morgan fingerprint density at radius 2 is 1.93 bits per heavy atom. The van der Waals surface area contributed by atoms with Crippen molar-refractivity contribution in [3.05, 3.63) is 24.0 Å². The van der Waals surface area contributed by atoms with Crippen molar-refractivity contribution in [1.29, 1.82) is 0 Å². The monoisotopic (exact) mass is 207 g/mol. The van der Waals surface area contributed by atoms with E-state index in [1.807, 2.05) is 6.20 Å². The Kier molecular flexibility index (Phi) is 3.48. The van der Waals surface area contributed by atoms with Gasteiger partial charge in [-0.25, -0.2) is 0 Å². The first kappa shape index (κ1) is 11.4. The van der Waals surface area contributed by atoms with E-state index >= 15 is 0 Å². The zero-order chi connectivity index (χ0) is 10.8. The Morgan fingerprint density at radius 3 is 2.43 bits per heavy atom. The fourth-order valence-electron chi connectivity index (χ4n) is 1.72. The Hall–Kier alpha value is -0.633. The number of pyridine rings is 1. The molecule has 0 fully saturated rings. The van der Waals surface area contributed by atoms with Crippen LogP contribution >= 0.6 is 0 Å². The zero-order valence-electron chi connectivity index (χ0n) is 9.96. The molecule has 0 aromatic carbocycles. The lowest BCUT2D eigenvalue weighted by Crippen LogP contribution is -2.40. The van der Waals surface area contributed by atoms with Gasteiger partial charge in [0.15, 0.2) is 0 Å². The molecule has 0 unspecified atom stereocenters. The second-order valence-electron chi connectivity index (χ2n) is 5.38. The topological polar surface area (TPSA) is 12.9 Å². The molecule has 0 spiro atoms. The standard InChI is InChI=1S/C12H21NSi/c1-10(2)8-11-6-7-13-9-12(11)14(3,4)5/h6-7,9-10H,8H2,1-5H3. The van der Waals surface area contributed by atoms with Crippen LogP contribution in [-0.2, 0) is 6.42 Å². The molecule has 0 saturated heterocycles. The molecule has 1 nitrogen and oxygen atoms in total. The van der Waals surface area contributed by atoms with Gasteiger partial charge in [0.2, 0.25) is 0 Å². The van der Waals surface area contributed by atoms with Crippen LogP contribution in [0.25, 0.3) is 0 Å². The molecule has 0 N–H and O–H groups in total. The molecule has 0 aliphatic carbocycles. The van der Waals surface area contributed by atoms with Gasteiger partial charge in [-0.05, 0) is 29.2 Å². The van der Waals surface area contributed by atoms with Crippen LogP contribution in [0.5, 0.6) is 0 Å². The third-order valence-electron chi connectivity index (χ3n) is 2.35. The molecule has 0 amide bonds. The normalized spacial score (nSPS) is 12.1. The lowest BCUT2D eigenvalue weighted by molar-refractivity contribution is 0.648. The number of rotatable bonds is 3. The summed E-state index contributed by atoms with van der Waals surface area (Å²) < 4.78 is 0. The average Bonchev–Trinajstić information content (AvgIpc) is 2.01. The average molecular weight is 207 g/mol. The molecule has 1 aromatic rings. The molecule has 1 heterocycles. The van der Waals surface area contributed by atoms with E-state index in [1.54, 1.807) is 0 Å². The highest BCUT2D eigenvalue weighted by Gasteiger charge is 2.20. The minimum atomic E-state index is -1.21. The molecule has 0 aliphatic rings. The van der Waals surface area contributed by atoms with Gasteiger partial charge in [0, 0.05) is 12.4 Å². The summed E-state index contributed by atoms with van der Waals surface area (Å²) in [5.41, 5.74) is 1.51. The molecule has 2 heteroatoms. The van der Waals surface area contributed by atoms with Crippen LogP contribution in [0.4, 0.5) is 0 Å². The molecule has 1 aromatic heterocycles. The second-order valence-corrected chi connectivity index (χ2v) is 10.4. The van der Waals surface area contributed by atoms with Crippen LogP contribution in [0, 0.1) is 5.92 Å². The van der Waals surface area contributed by atoms with Crippen molar-refractivity contribution in [1.82, 2.24) is 4.98 Å². The van der Waals surface area contributed by atoms with Crippen LogP contribution < -0.4 is 5.19 Å². The fourth-order valence-corrected chi connectivity index (χ4v) is 3.33. The van der Waals surface area contributed by atoms with Crippen LogP contribution in [0.15, 0.2) is 18.5 Å². The highest BCUT2D eigenvalue weighted by atomic mass is 28.3. The van der Waals surface area contributed by atoms with E-state index in [1.165, 1.54) is 17.2 Å². The largest absolute Gasteiger partial charge is 0.265 e. The van der Waals surface area contributed by atoms with E-state index in [0.717, 1.165) is 5.92 Å². The number of aromatic nitrogens is 1. The van der Waals surface area contributed by atoms with Crippen LogP contribution in [0.3, 0.4) is 0 Å². The Labute approximate surface area is 88.6 Å². The smallest absolute Gasteiger partial charge is 0.0799 e. The van der Waals surface area contributed by atoms with Gasteiger partial charge in [0.25, 0.3) is 0 Å². The van der Waals surface area contributed by atoms with E-state index < -0.39 is 8.07 Å². The number of hydrogen-bond donors (Lipinski definition) is 0. The summed E-state index contributed by atoms with van der Waals surface area (Å²) in [5, 5.41) is 1.52. The fraction of sp³-hybridized carbons (Fsp3) is 0.583. The predicted octanol–water partition coefficient (Wildman–Crippen LogP) is 2.83. The van der Waals surface area contributed by atoms with E-state index in [0.29, 0.717) is 0 Å². The van der Waals surface area contributed by atoms with Crippen LogP contribution in [0.1, 0.15) is 19.4 Å². The molecular weight excluding hydrogens is 186 g/mol. The molecule has 1 rings (SSSR count). The summed E-state index contributed by atoms with van der Waals surface area (Å²) in [6.45, 7) is 11.7. The summed E-state index contributed by atoms with van der Waals surface area (Å²) in [4.78, 5) is 4.25. The summed E-state index contributed by atoms with van der Waals surface area (Å²) in [5.74, 6) is 0.729. The summed E-state index contributed by atoms with van der Waals surface area (Å²) >= 11 is 0. The number of hydrogen-bond acceptors (Lipinski definition) is 1. The van der Waals surface area contributed by atoms with Gasteiger partial charge in [0.1, 0.15) is 0 Å². The van der Waals surface area contributed by atoms with Crippen molar-refractivity contribution in [3.8, 4) is 0 Å². The summed E-state index contributed by atoms with van der Waals surface area (Å²) in [6, 6.07) is 2.19. The van der Waals surface area contributed by atoms with Gasteiger partial charge in [-0.2, -0.15) is 0 Å². The molecule has 14 heavy (non-hydrogen) atoms. The lowest BCUT2D eigenvalue weighted by Gasteiger charge is -2.21. The maximum absolute atomic E-state index is 4.25. The van der Waals surface area contributed by atoms with Crippen molar-refractivity contribution < 1.29 is 0 Å². The molecule has 0 aliphatic heterocycles. The highest BCUT2D eigenvalue weighted by molar-refractivity contribution is 6.89. The Bertz CT molecular complexity index is 299. The maximum atomic E-state index is 4.25. The minimum absolute atomic E-state index is 0.729. The Balaban J connectivity index is 3.04. The first-order chi connectivity index (χ1) is 6.41. The molecule has 78 valence electrons. The lowest BCUT2D eigenvalue weighted by atomic mass is 10.0. The van der Waals surface area contributed by atoms with Gasteiger partial charge < -0.3 is 0 Å². The van der Waals surface area contributed by atoms with Gasteiger partial charge in [-0.3, -0.25) is 4.98 Å². The van der Waals surface area contributed by atoms with Crippen molar-refractivity contribution >= 4 is 13.3 Å². The van der Waals surface area contributed by atoms with Gasteiger partial charge in [0.05, 0.1) is 8.07 Å². The summed E-state index contributed by atoms with van der Waals surface area (Å²) in [7, 11) is -1.21. The van der Waals surface area contributed by atoms with Gasteiger partial charge in [-0.1, -0.05) is 33.5 Å². The predicted molar refractivity (Wildman–Crippen MR) is 65.8 cm³/mol. The van der Waals surface area contributed by atoms with E-state index in [9.17, 15) is 0 Å².